The third kappa shape index (κ3) is 3.40. The molecule has 22 heavy (non-hydrogen) atoms. The van der Waals surface area contributed by atoms with Crippen molar-refractivity contribution in [2.45, 2.75) is 50.5 Å². The van der Waals surface area contributed by atoms with Crippen molar-refractivity contribution in [2.75, 3.05) is 6.61 Å². The Morgan fingerprint density at radius 2 is 1.91 bits per heavy atom. The molecule has 0 aliphatic carbocycles. The van der Waals surface area contributed by atoms with E-state index in [2.05, 4.69) is 6.19 Å². The summed E-state index contributed by atoms with van der Waals surface area (Å²) in [4.78, 5) is 13.6. The second kappa shape index (κ2) is 6.80. The molecule has 5 heteroatoms. The second-order valence-electron chi connectivity index (χ2n) is 5.94. The summed E-state index contributed by atoms with van der Waals surface area (Å²) in [7, 11) is 0. The minimum Gasteiger partial charge on any atom is -0.459 e. The number of piperidine rings is 1. The van der Waals surface area contributed by atoms with Crippen LogP contribution in [0.15, 0.2) is 30.3 Å². The second-order valence-corrected chi connectivity index (χ2v) is 5.94. The Balaban J connectivity index is 1.40. The van der Waals surface area contributed by atoms with Crippen LogP contribution >= 0.6 is 0 Å². The number of nitriles is 1. The van der Waals surface area contributed by atoms with Gasteiger partial charge in [0, 0.05) is 12.1 Å². The van der Waals surface area contributed by atoms with E-state index >= 15 is 0 Å². The molecule has 0 N–H and O–H groups in total. The maximum atomic E-state index is 11.7. The van der Waals surface area contributed by atoms with Crippen molar-refractivity contribution in [3.63, 3.8) is 0 Å². The number of hydrogen-bond donors (Lipinski definition) is 0. The molecule has 2 aliphatic rings. The monoisotopic (exact) mass is 300 g/mol. The van der Waals surface area contributed by atoms with Crippen LogP contribution in [0.5, 0.6) is 0 Å². The highest BCUT2D eigenvalue weighted by molar-refractivity contribution is 5.70. The first-order valence-electron chi connectivity index (χ1n) is 7.75. The molecule has 2 unspecified atom stereocenters. The quantitative estimate of drug-likeness (QED) is 0.616. The van der Waals surface area contributed by atoms with Gasteiger partial charge in [0.05, 0.1) is 6.10 Å². The molecule has 0 saturated carbocycles. The third-order valence-electron chi connectivity index (χ3n) is 4.48. The number of ether oxygens (including phenoxy) is 2. The van der Waals surface area contributed by atoms with Crippen LogP contribution in [0.3, 0.4) is 0 Å². The first kappa shape index (κ1) is 14.9. The van der Waals surface area contributed by atoms with Crippen molar-refractivity contribution in [2.24, 2.45) is 0 Å². The SMILES string of the molecule is N#CN1C2CCC1CC(OCC(=O)OCc1ccccc1)C2. The summed E-state index contributed by atoms with van der Waals surface area (Å²) in [6.45, 7) is 0.269. The first-order valence-corrected chi connectivity index (χ1v) is 7.75. The molecule has 1 aromatic carbocycles. The number of rotatable bonds is 5. The average Bonchev–Trinajstić information content (AvgIpc) is 2.81. The summed E-state index contributed by atoms with van der Waals surface area (Å²) in [5.74, 6) is -0.334. The molecule has 0 amide bonds. The number of carbonyl (C=O) groups is 1. The highest BCUT2D eigenvalue weighted by Crippen LogP contribution is 2.36. The van der Waals surface area contributed by atoms with Gasteiger partial charge < -0.3 is 14.4 Å². The largest absolute Gasteiger partial charge is 0.459 e. The molecule has 1 aromatic rings. The van der Waals surface area contributed by atoms with Crippen LogP contribution in [0.1, 0.15) is 31.2 Å². The molecule has 2 fully saturated rings. The van der Waals surface area contributed by atoms with Crippen LogP contribution in [-0.2, 0) is 20.9 Å². The summed E-state index contributed by atoms with van der Waals surface area (Å²) in [5.41, 5.74) is 0.969. The number of fused-ring (bicyclic) bond motifs is 2. The summed E-state index contributed by atoms with van der Waals surface area (Å²) < 4.78 is 10.9. The Hall–Kier alpha value is -2.06. The van der Waals surface area contributed by atoms with Gasteiger partial charge in [0.2, 0.25) is 0 Å². The lowest BCUT2D eigenvalue weighted by Crippen LogP contribution is -2.43. The fourth-order valence-electron chi connectivity index (χ4n) is 3.39. The van der Waals surface area contributed by atoms with Crippen molar-refractivity contribution >= 4 is 5.97 Å². The number of carbonyl (C=O) groups excluding carboxylic acids is 1. The first-order chi connectivity index (χ1) is 10.8. The predicted octanol–water partition coefficient (Wildman–Crippen LogP) is 2.22. The molecule has 2 bridgehead atoms. The van der Waals surface area contributed by atoms with Gasteiger partial charge in [0.15, 0.2) is 6.19 Å². The molecule has 0 aromatic heterocycles. The van der Waals surface area contributed by atoms with Crippen LogP contribution in [-0.4, -0.2) is 35.7 Å². The van der Waals surface area contributed by atoms with Gasteiger partial charge in [-0.1, -0.05) is 30.3 Å². The molecule has 2 saturated heterocycles. The van der Waals surface area contributed by atoms with Gasteiger partial charge in [0.25, 0.3) is 0 Å². The Labute approximate surface area is 130 Å². The highest BCUT2D eigenvalue weighted by atomic mass is 16.6. The number of nitrogens with zero attached hydrogens (tertiary/aromatic N) is 2. The highest BCUT2D eigenvalue weighted by Gasteiger charge is 2.40. The summed E-state index contributed by atoms with van der Waals surface area (Å²) in [6.07, 6.45) is 6.10. The maximum Gasteiger partial charge on any atom is 0.332 e. The van der Waals surface area contributed by atoms with E-state index < -0.39 is 0 Å². The number of benzene rings is 1. The molecule has 0 spiro atoms. The zero-order valence-electron chi connectivity index (χ0n) is 12.5. The normalized spacial score (nSPS) is 26.5. The lowest BCUT2D eigenvalue weighted by molar-refractivity contribution is -0.153. The van der Waals surface area contributed by atoms with E-state index in [4.69, 9.17) is 14.7 Å². The molecule has 2 aliphatic heterocycles. The van der Waals surface area contributed by atoms with Crippen LogP contribution in [0, 0.1) is 11.5 Å². The van der Waals surface area contributed by atoms with Crippen molar-refractivity contribution < 1.29 is 14.3 Å². The van der Waals surface area contributed by atoms with E-state index in [-0.39, 0.29) is 37.4 Å². The predicted molar refractivity (Wildman–Crippen MR) is 79.5 cm³/mol. The zero-order valence-corrected chi connectivity index (χ0v) is 12.5. The van der Waals surface area contributed by atoms with Crippen molar-refractivity contribution in [3.8, 4) is 6.19 Å². The van der Waals surface area contributed by atoms with Gasteiger partial charge in [-0.25, -0.2) is 4.79 Å². The molecule has 3 rings (SSSR count). The standard InChI is InChI=1S/C17H20N2O3/c18-12-19-14-6-7-15(19)9-16(8-14)21-11-17(20)22-10-13-4-2-1-3-5-13/h1-5,14-16H,6-11H2. The molecular formula is C17H20N2O3. The van der Waals surface area contributed by atoms with Crippen LogP contribution in [0.2, 0.25) is 0 Å². The van der Waals surface area contributed by atoms with E-state index in [1.54, 1.807) is 0 Å². The third-order valence-corrected chi connectivity index (χ3v) is 4.48. The molecule has 5 nitrogen and oxygen atoms in total. The smallest absolute Gasteiger partial charge is 0.332 e. The Morgan fingerprint density at radius 1 is 1.23 bits per heavy atom. The minimum atomic E-state index is -0.334. The van der Waals surface area contributed by atoms with Crippen LogP contribution in [0.25, 0.3) is 0 Å². The lowest BCUT2D eigenvalue weighted by atomic mass is 10.0. The van der Waals surface area contributed by atoms with Gasteiger partial charge in [-0.15, -0.1) is 0 Å². The van der Waals surface area contributed by atoms with E-state index in [9.17, 15) is 4.79 Å². The molecule has 0 radical (unpaired) electrons. The molecular weight excluding hydrogens is 280 g/mol. The minimum absolute atomic E-state index is 0.0104. The van der Waals surface area contributed by atoms with E-state index in [1.807, 2.05) is 35.2 Å². The van der Waals surface area contributed by atoms with E-state index in [0.29, 0.717) is 0 Å². The van der Waals surface area contributed by atoms with E-state index in [1.165, 1.54) is 0 Å². The molecule has 2 heterocycles. The van der Waals surface area contributed by atoms with Crippen molar-refractivity contribution in [1.82, 2.24) is 4.90 Å². The average molecular weight is 300 g/mol. The van der Waals surface area contributed by atoms with Crippen LogP contribution in [0.4, 0.5) is 0 Å². The molecule has 116 valence electrons. The summed E-state index contributed by atoms with van der Waals surface area (Å²) in [5, 5.41) is 9.12. The Morgan fingerprint density at radius 3 is 2.55 bits per heavy atom. The zero-order chi connectivity index (χ0) is 15.4. The lowest BCUT2D eigenvalue weighted by Gasteiger charge is -2.34. The van der Waals surface area contributed by atoms with Gasteiger partial charge in [0.1, 0.15) is 13.2 Å². The molecule has 2 atom stereocenters. The fourth-order valence-corrected chi connectivity index (χ4v) is 3.39. The number of hydrogen-bond acceptors (Lipinski definition) is 5. The van der Waals surface area contributed by atoms with Crippen molar-refractivity contribution in [3.05, 3.63) is 35.9 Å². The fraction of sp³-hybridized carbons (Fsp3) is 0.529. The maximum absolute atomic E-state index is 11.7. The van der Waals surface area contributed by atoms with Crippen LogP contribution < -0.4 is 0 Å². The van der Waals surface area contributed by atoms with E-state index in [0.717, 1.165) is 31.2 Å². The summed E-state index contributed by atoms with van der Waals surface area (Å²) in [6, 6.07) is 10.2. The van der Waals surface area contributed by atoms with Crippen molar-refractivity contribution in [1.29, 1.82) is 5.26 Å². The van der Waals surface area contributed by atoms with Gasteiger partial charge in [-0.3, -0.25) is 0 Å². The summed E-state index contributed by atoms with van der Waals surface area (Å²) >= 11 is 0. The Kier molecular flexibility index (Phi) is 4.59. The number of esters is 1. The van der Waals surface area contributed by atoms with Gasteiger partial charge in [-0.05, 0) is 31.2 Å². The van der Waals surface area contributed by atoms with Gasteiger partial charge in [-0.2, -0.15) is 5.26 Å². The van der Waals surface area contributed by atoms with Gasteiger partial charge >= 0.3 is 5.97 Å². The topological polar surface area (TPSA) is 62.6 Å². The Bertz CT molecular complexity index is 541.